The van der Waals surface area contributed by atoms with Crippen LogP contribution in [0.15, 0.2) is 30.7 Å². The van der Waals surface area contributed by atoms with E-state index in [1.807, 2.05) is 13.8 Å². The molecule has 1 saturated carbocycles. The van der Waals surface area contributed by atoms with Gasteiger partial charge in [0.05, 0.1) is 18.0 Å². The molecule has 3 heterocycles. The maximum absolute atomic E-state index is 14.1. The van der Waals surface area contributed by atoms with Crippen molar-refractivity contribution in [1.29, 1.82) is 0 Å². The first-order valence-electron chi connectivity index (χ1n) is 14.9. The Morgan fingerprint density at radius 2 is 1.86 bits per heavy atom. The maximum atomic E-state index is 14.1. The molecular formula is C30H43FN6O4S. The highest BCUT2D eigenvalue weighted by atomic mass is 32.2. The molecule has 42 heavy (non-hydrogen) atoms. The lowest BCUT2D eigenvalue weighted by Crippen LogP contribution is -2.61. The van der Waals surface area contributed by atoms with Crippen LogP contribution in [0.2, 0.25) is 0 Å². The molecule has 10 nitrogen and oxygen atoms in total. The monoisotopic (exact) mass is 602 g/mol. The van der Waals surface area contributed by atoms with Crippen molar-refractivity contribution in [3.8, 4) is 11.5 Å². The van der Waals surface area contributed by atoms with Crippen LogP contribution in [0.25, 0.3) is 0 Å². The second-order valence-electron chi connectivity index (χ2n) is 12.7. The van der Waals surface area contributed by atoms with Gasteiger partial charge in [0.1, 0.15) is 17.9 Å². The van der Waals surface area contributed by atoms with Gasteiger partial charge >= 0.3 is 0 Å². The highest BCUT2D eigenvalue weighted by Crippen LogP contribution is 2.45. The average Bonchev–Trinajstić information content (AvgIpc) is 2.93. The van der Waals surface area contributed by atoms with E-state index < -0.39 is 15.8 Å². The first kappa shape index (κ1) is 30.6. The summed E-state index contributed by atoms with van der Waals surface area (Å²) >= 11 is 0. The van der Waals surface area contributed by atoms with Crippen LogP contribution < -0.4 is 14.4 Å². The van der Waals surface area contributed by atoms with Gasteiger partial charge in [-0.15, -0.1) is 0 Å². The number of carbonyl (C=O) groups excluding carboxylic acids is 1. The Hall–Kier alpha value is -2.83. The minimum atomic E-state index is -3.14. The number of hydrogen-bond donors (Lipinski definition) is 1. The van der Waals surface area contributed by atoms with Gasteiger partial charge in [0.25, 0.3) is 5.91 Å². The van der Waals surface area contributed by atoms with Crippen molar-refractivity contribution in [2.24, 2.45) is 11.3 Å². The zero-order valence-corrected chi connectivity index (χ0v) is 25.9. The second-order valence-corrected chi connectivity index (χ2v) is 14.5. The number of nitrogens with zero attached hydrogens (tertiary/aromatic N) is 5. The number of amides is 1. The zero-order valence-electron chi connectivity index (χ0n) is 25.1. The van der Waals surface area contributed by atoms with Crippen molar-refractivity contribution in [2.75, 3.05) is 50.9 Å². The third-order valence-electron chi connectivity index (χ3n) is 9.16. The molecule has 0 unspecified atom stereocenters. The molecule has 0 radical (unpaired) electrons. The Labute approximate surface area is 248 Å². The summed E-state index contributed by atoms with van der Waals surface area (Å²) in [6, 6.07) is 4.01. The minimum Gasteiger partial charge on any atom is -0.451 e. The third kappa shape index (κ3) is 7.20. The van der Waals surface area contributed by atoms with Crippen LogP contribution in [0.4, 0.5) is 10.2 Å². The lowest BCUT2D eigenvalue weighted by molar-refractivity contribution is 0.0618. The van der Waals surface area contributed by atoms with Crippen molar-refractivity contribution < 1.29 is 22.3 Å². The molecule has 1 aromatic heterocycles. The van der Waals surface area contributed by atoms with Gasteiger partial charge in [0.15, 0.2) is 11.6 Å². The Balaban J connectivity index is 1.16. The average molecular weight is 603 g/mol. The van der Waals surface area contributed by atoms with Crippen LogP contribution in [0.1, 0.15) is 62.7 Å². The van der Waals surface area contributed by atoms with E-state index in [1.165, 1.54) is 30.8 Å². The van der Waals surface area contributed by atoms with Crippen molar-refractivity contribution in [1.82, 2.24) is 24.5 Å². The summed E-state index contributed by atoms with van der Waals surface area (Å²) < 4.78 is 46.2. The zero-order chi connectivity index (χ0) is 30.1. The maximum Gasteiger partial charge on any atom is 0.257 e. The number of likely N-dealkylation sites (tertiary alicyclic amines) is 1. The molecule has 0 atom stereocenters. The van der Waals surface area contributed by atoms with Crippen LogP contribution in [0.3, 0.4) is 0 Å². The fourth-order valence-electron chi connectivity index (χ4n) is 6.49. The van der Waals surface area contributed by atoms with Crippen molar-refractivity contribution in [2.45, 2.75) is 64.5 Å². The summed E-state index contributed by atoms with van der Waals surface area (Å²) in [5, 5.41) is 0. The van der Waals surface area contributed by atoms with E-state index in [9.17, 15) is 17.6 Å². The van der Waals surface area contributed by atoms with Crippen molar-refractivity contribution in [3.63, 3.8) is 0 Å². The third-order valence-corrected chi connectivity index (χ3v) is 9.92. The molecule has 2 saturated heterocycles. The van der Waals surface area contributed by atoms with Gasteiger partial charge < -0.3 is 19.4 Å². The first-order valence-corrected chi connectivity index (χ1v) is 16.8. The van der Waals surface area contributed by atoms with Gasteiger partial charge in [-0.25, -0.2) is 27.5 Å². The summed E-state index contributed by atoms with van der Waals surface area (Å²) in [5.74, 6) is 1.20. The number of sulfonamides is 1. The van der Waals surface area contributed by atoms with Gasteiger partial charge in [-0.2, -0.15) is 0 Å². The number of piperidine rings is 1. The van der Waals surface area contributed by atoms with E-state index >= 15 is 0 Å². The molecule has 2 aromatic rings. The molecule has 1 aromatic carbocycles. The molecule has 1 spiro atoms. The normalized spacial score (nSPS) is 22.7. The molecule has 1 aliphatic carbocycles. The highest BCUT2D eigenvalue weighted by molar-refractivity contribution is 7.88. The number of nitrogens with one attached hydrogen (secondary N) is 1. The van der Waals surface area contributed by atoms with Gasteiger partial charge in [-0.3, -0.25) is 4.79 Å². The largest absolute Gasteiger partial charge is 0.451 e. The van der Waals surface area contributed by atoms with Crippen LogP contribution in [0, 0.1) is 17.2 Å². The topological polar surface area (TPSA) is 108 Å². The quantitative estimate of drug-likeness (QED) is 0.461. The Morgan fingerprint density at radius 3 is 2.50 bits per heavy atom. The second kappa shape index (κ2) is 12.4. The minimum absolute atomic E-state index is 0.0489. The molecule has 1 amide bonds. The van der Waals surface area contributed by atoms with Crippen LogP contribution in [-0.2, 0) is 10.0 Å². The number of rotatable bonds is 9. The molecule has 230 valence electrons. The lowest BCUT2D eigenvalue weighted by atomic mass is 9.71. The standard InChI is InChI=1S/C30H43FN6O4S/c1-21(2)35(3)29(38)25-15-23(31)7-10-26(25)41-27-16-32-20-33-28(27)37-18-30(19-37)11-13-36(14-12-30)17-22-5-8-24(9-6-22)34-42(4,39)40/h7,10,15-16,20-22,24,34H,5-6,8-9,11-14,17-19H2,1-4H3/t22-,24-. The number of hydrogen-bond acceptors (Lipinski definition) is 8. The van der Waals surface area contributed by atoms with E-state index in [2.05, 4.69) is 24.5 Å². The number of aromatic nitrogens is 2. The van der Waals surface area contributed by atoms with Gasteiger partial charge in [-0.1, -0.05) is 0 Å². The lowest BCUT2D eigenvalue weighted by Gasteiger charge is -2.54. The molecule has 5 rings (SSSR count). The van der Waals surface area contributed by atoms with Crippen LogP contribution in [0.5, 0.6) is 11.5 Å². The number of anilines is 1. The Kier molecular flexibility index (Phi) is 9.05. The van der Waals surface area contributed by atoms with Crippen molar-refractivity contribution >= 4 is 21.7 Å². The Morgan fingerprint density at radius 1 is 1.17 bits per heavy atom. The van der Waals surface area contributed by atoms with E-state index in [1.54, 1.807) is 18.1 Å². The predicted octanol–water partition coefficient (Wildman–Crippen LogP) is 3.90. The summed E-state index contributed by atoms with van der Waals surface area (Å²) in [6.45, 7) is 8.76. The molecule has 2 aliphatic heterocycles. The summed E-state index contributed by atoms with van der Waals surface area (Å²) in [6.07, 6.45) is 10.5. The van der Waals surface area contributed by atoms with E-state index in [0.29, 0.717) is 17.5 Å². The SMILES string of the molecule is CC(C)N(C)C(=O)c1cc(F)ccc1Oc1cncnc1N1CC2(CCN(C[C@H]3CC[C@H](NS(C)(=O)=O)CC3)CC2)C1. The van der Waals surface area contributed by atoms with Crippen LogP contribution in [-0.4, -0.2) is 92.2 Å². The van der Waals surface area contributed by atoms with Gasteiger partial charge in [-0.05, 0) is 89.6 Å². The molecule has 3 aliphatic rings. The molecule has 3 fully saturated rings. The summed E-state index contributed by atoms with van der Waals surface area (Å²) in [7, 11) is -1.46. The molecule has 0 bridgehead atoms. The number of halogens is 1. The van der Waals surface area contributed by atoms with E-state index in [0.717, 1.165) is 71.2 Å². The molecule has 12 heteroatoms. The number of benzene rings is 1. The fourth-order valence-corrected chi connectivity index (χ4v) is 7.33. The Bertz CT molecular complexity index is 1370. The first-order chi connectivity index (χ1) is 19.9. The number of ether oxygens (including phenoxy) is 1. The van der Waals surface area contributed by atoms with Gasteiger partial charge in [0, 0.05) is 44.2 Å². The summed E-state index contributed by atoms with van der Waals surface area (Å²) in [5.41, 5.74) is 0.404. The summed E-state index contributed by atoms with van der Waals surface area (Å²) in [4.78, 5) is 28.1. The highest BCUT2D eigenvalue weighted by Gasteiger charge is 2.46. The van der Waals surface area contributed by atoms with E-state index in [4.69, 9.17) is 4.74 Å². The van der Waals surface area contributed by atoms with Crippen LogP contribution >= 0.6 is 0 Å². The molecular weight excluding hydrogens is 559 g/mol. The number of carbonyl (C=O) groups is 1. The predicted molar refractivity (Wildman–Crippen MR) is 160 cm³/mol. The molecule has 1 N–H and O–H groups in total. The fraction of sp³-hybridized carbons (Fsp3) is 0.633. The van der Waals surface area contributed by atoms with E-state index in [-0.39, 0.29) is 34.7 Å². The van der Waals surface area contributed by atoms with Crippen molar-refractivity contribution in [3.05, 3.63) is 42.1 Å². The van der Waals surface area contributed by atoms with Gasteiger partial charge in [0.2, 0.25) is 10.0 Å². The smallest absolute Gasteiger partial charge is 0.257 e.